The van der Waals surface area contributed by atoms with Crippen molar-refractivity contribution in [2.45, 2.75) is 45.4 Å². The van der Waals surface area contributed by atoms with Crippen LogP contribution in [0, 0.1) is 5.41 Å². The largest absolute Gasteiger partial charge is 0.381 e. The summed E-state index contributed by atoms with van der Waals surface area (Å²) in [5.74, 6) is 0.234. The number of carbonyl (C=O) groups is 1. The molecule has 1 fully saturated rings. The highest BCUT2D eigenvalue weighted by molar-refractivity contribution is 9.09. The van der Waals surface area contributed by atoms with Crippen LogP contribution in [0.4, 0.5) is 0 Å². The minimum absolute atomic E-state index is 0.116. The van der Waals surface area contributed by atoms with Crippen molar-refractivity contribution in [3.05, 3.63) is 0 Å². The first-order chi connectivity index (χ1) is 8.19. The molecule has 0 aromatic carbocycles. The molecule has 1 aliphatic carbocycles. The number of hydrogen-bond acceptors (Lipinski definition) is 2. The van der Waals surface area contributed by atoms with Gasteiger partial charge >= 0.3 is 0 Å². The molecule has 1 aliphatic rings. The van der Waals surface area contributed by atoms with Crippen LogP contribution in [0.2, 0.25) is 0 Å². The first-order valence-corrected chi connectivity index (χ1v) is 7.73. The van der Waals surface area contributed by atoms with Crippen LogP contribution in [0.1, 0.15) is 45.4 Å². The third-order valence-electron chi connectivity index (χ3n) is 3.48. The predicted octanol–water partition coefficient (Wildman–Crippen LogP) is 2.87. The minimum Gasteiger partial charge on any atom is -0.381 e. The van der Waals surface area contributed by atoms with E-state index in [4.69, 9.17) is 4.74 Å². The van der Waals surface area contributed by atoms with E-state index in [0.717, 1.165) is 44.4 Å². The molecule has 100 valence electrons. The maximum absolute atomic E-state index is 12.0. The summed E-state index contributed by atoms with van der Waals surface area (Å²) in [4.78, 5) is 12.0. The third-order valence-corrected chi connectivity index (χ3v) is 3.80. The summed E-state index contributed by atoms with van der Waals surface area (Å²) >= 11 is 3.31. The Bertz CT molecular complexity index is 227. The quantitative estimate of drug-likeness (QED) is 0.580. The Hall–Kier alpha value is -0.0900. The molecule has 0 heterocycles. The Labute approximate surface area is 113 Å². The van der Waals surface area contributed by atoms with E-state index in [2.05, 4.69) is 28.2 Å². The number of ether oxygens (including phenoxy) is 1. The van der Waals surface area contributed by atoms with Gasteiger partial charge in [-0.3, -0.25) is 4.79 Å². The second kappa shape index (κ2) is 8.09. The summed E-state index contributed by atoms with van der Waals surface area (Å²) in [6.45, 7) is 4.30. The lowest BCUT2D eigenvalue weighted by Gasteiger charge is -2.32. The van der Waals surface area contributed by atoms with Crippen molar-refractivity contribution in [1.82, 2.24) is 5.32 Å². The van der Waals surface area contributed by atoms with Gasteiger partial charge in [-0.25, -0.2) is 0 Å². The number of halogens is 1. The van der Waals surface area contributed by atoms with E-state index >= 15 is 0 Å². The number of hydrogen-bond donors (Lipinski definition) is 1. The molecule has 0 aromatic heterocycles. The molecule has 0 unspecified atom stereocenters. The Balaban J connectivity index is 2.11. The fourth-order valence-corrected chi connectivity index (χ4v) is 2.53. The highest BCUT2D eigenvalue weighted by Crippen LogP contribution is 2.35. The first kappa shape index (κ1) is 15.0. The molecule has 1 N–H and O–H groups in total. The third kappa shape index (κ3) is 5.38. The van der Waals surface area contributed by atoms with E-state index in [9.17, 15) is 4.79 Å². The number of alkyl halides is 1. The Morgan fingerprint density at radius 3 is 2.65 bits per heavy atom. The van der Waals surface area contributed by atoms with E-state index < -0.39 is 0 Å². The molecular formula is C13H24BrNO2. The molecule has 1 saturated carbocycles. The van der Waals surface area contributed by atoms with Gasteiger partial charge in [0.2, 0.25) is 5.91 Å². The van der Waals surface area contributed by atoms with Crippen molar-refractivity contribution in [2.24, 2.45) is 5.41 Å². The summed E-state index contributed by atoms with van der Waals surface area (Å²) in [5.41, 5.74) is -0.116. The van der Waals surface area contributed by atoms with Crippen LogP contribution in [-0.4, -0.2) is 31.0 Å². The van der Waals surface area contributed by atoms with Crippen LogP contribution in [0.3, 0.4) is 0 Å². The molecule has 1 amide bonds. The molecule has 0 radical (unpaired) electrons. The maximum atomic E-state index is 12.0. The minimum atomic E-state index is -0.116. The number of amides is 1. The SMILES string of the molecule is CC1(C(=O)NCCCOCCBr)CCCCC1. The van der Waals surface area contributed by atoms with Crippen LogP contribution in [0.25, 0.3) is 0 Å². The summed E-state index contributed by atoms with van der Waals surface area (Å²) < 4.78 is 5.34. The highest BCUT2D eigenvalue weighted by atomic mass is 79.9. The zero-order valence-corrected chi connectivity index (χ0v) is 12.4. The highest BCUT2D eigenvalue weighted by Gasteiger charge is 2.33. The van der Waals surface area contributed by atoms with Gasteiger partial charge in [0.05, 0.1) is 6.61 Å². The topological polar surface area (TPSA) is 38.3 Å². The van der Waals surface area contributed by atoms with E-state index in [1.54, 1.807) is 0 Å². The smallest absolute Gasteiger partial charge is 0.225 e. The van der Waals surface area contributed by atoms with Gasteiger partial charge in [-0.15, -0.1) is 0 Å². The van der Waals surface area contributed by atoms with E-state index in [-0.39, 0.29) is 11.3 Å². The fraction of sp³-hybridized carbons (Fsp3) is 0.923. The summed E-state index contributed by atoms with van der Waals surface area (Å²) in [6, 6.07) is 0. The Kier molecular flexibility index (Phi) is 7.12. The van der Waals surface area contributed by atoms with Crippen molar-refractivity contribution < 1.29 is 9.53 Å². The average Bonchev–Trinajstić information content (AvgIpc) is 2.34. The van der Waals surface area contributed by atoms with Gasteiger partial charge in [-0.1, -0.05) is 42.1 Å². The van der Waals surface area contributed by atoms with Crippen LogP contribution in [0.15, 0.2) is 0 Å². The molecule has 0 saturated heterocycles. The van der Waals surface area contributed by atoms with Gasteiger partial charge in [-0.2, -0.15) is 0 Å². The lowest BCUT2D eigenvalue weighted by atomic mass is 9.75. The van der Waals surface area contributed by atoms with Crippen LogP contribution >= 0.6 is 15.9 Å². The standard InChI is InChI=1S/C13H24BrNO2/c1-13(6-3-2-4-7-13)12(16)15-9-5-10-17-11-8-14/h2-11H2,1H3,(H,15,16). The van der Waals surface area contributed by atoms with Crippen LogP contribution < -0.4 is 5.32 Å². The van der Waals surface area contributed by atoms with Crippen LogP contribution in [-0.2, 0) is 9.53 Å². The van der Waals surface area contributed by atoms with Gasteiger partial charge in [-0.05, 0) is 19.3 Å². The van der Waals surface area contributed by atoms with E-state index in [1.807, 2.05) is 0 Å². The maximum Gasteiger partial charge on any atom is 0.225 e. The molecule has 0 bridgehead atoms. The second-order valence-corrected chi connectivity index (χ2v) is 5.83. The van der Waals surface area contributed by atoms with Crippen molar-refractivity contribution in [2.75, 3.05) is 25.1 Å². The van der Waals surface area contributed by atoms with Crippen molar-refractivity contribution in [1.29, 1.82) is 0 Å². The second-order valence-electron chi connectivity index (χ2n) is 5.03. The Morgan fingerprint density at radius 2 is 2.00 bits per heavy atom. The number of rotatable bonds is 7. The molecule has 4 heteroatoms. The van der Waals surface area contributed by atoms with Crippen molar-refractivity contribution in [3.8, 4) is 0 Å². The predicted molar refractivity (Wildman–Crippen MR) is 73.4 cm³/mol. The van der Waals surface area contributed by atoms with Gasteiger partial charge in [0.15, 0.2) is 0 Å². The van der Waals surface area contributed by atoms with Gasteiger partial charge in [0.25, 0.3) is 0 Å². The monoisotopic (exact) mass is 305 g/mol. The lowest BCUT2D eigenvalue weighted by Crippen LogP contribution is -2.40. The summed E-state index contributed by atoms with van der Waals surface area (Å²) in [7, 11) is 0. The molecule has 0 aromatic rings. The zero-order valence-electron chi connectivity index (χ0n) is 10.8. The lowest BCUT2D eigenvalue weighted by molar-refractivity contribution is -0.131. The van der Waals surface area contributed by atoms with Gasteiger partial charge in [0.1, 0.15) is 0 Å². The van der Waals surface area contributed by atoms with Gasteiger partial charge < -0.3 is 10.1 Å². The van der Waals surface area contributed by atoms with Crippen molar-refractivity contribution in [3.63, 3.8) is 0 Å². The normalized spacial score (nSPS) is 18.9. The first-order valence-electron chi connectivity index (χ1n) is 6.61. The molecule has 0 atom stereocenters. The number of nitrogens with one attached hydrogen (secondary N) is 1. The molecule has 0 aliphatic heterocycles. The number of carbonyl (C=O) groups excluding carboxylic acids is 1. The molecule has 1 rings (SSSR count). The van der Waals surface area contributed by atoms with E-state index in [1.165, 1.54) is 19.3 Å². The summed E-state index contributed by atoms with van der Waals surface area (Å²) in [6.07, 6.45) is 6.65. The Morgan fingerprint density at radius 1 is 1.29 bits per heavy atom. The van der Waals surface area contributed by atoms with E-state index in [0.29, 0.717) is 0 Å². The van der Waals surface area contributed by atoms with Crippen molar-refractivity contribution >= 4 is 21.8 Å². The van der Waals surface area contributed by atoms with Crippen LogP contribution in [0.5, 0.6) is 0 Å². The molecule has 3 nitrogen and oxygen atoms in total. The molecular weight excluding hydrogens is 282 g/mol. The fourth-order valence-electron chi connectivity index (χ4n) is 2.31. The average molecular weight is 306 g/mol. The van der Waals surface area contributed by atoms with Gasteiger partial charge in [0, 0.05) is 23.9 Å². The molecule has 0 spiro atoms. The zero-order chi connectivity index (χ0) is 12.6. The molecule has 17 heavy (non-hydrogen) atoms. The summed E-state index contributed by atoms with van der Waals surface area (Å²) in [5, 5.41) is 3.91.